The van der Waals surface area contributed by atoms with Crippen LogP contribution in [0.5, 0.6) is 0 Å². The van der Waals surface area contributed by atoms with Gasteiger partial charge < -0.3 is 14.6 Å². The van der Waals surface area contributed by atoms with Gasteiger partial charge in [0, 0.05) is 35.2 Å². The van der Waals surface area contributed by atoms with E-state index < -0.39 is 0 Å². The van der Waals surface area contributed by atoms with Crippen molar-refractivity contribution in [3.63, 3.8) is 0 Å². The number of hydrogen-bond acceptors (Lipinski definition) is 3. The highest BCUT2D eigenvalue weighted by molar-refractivity contribution is 6.01. The number of nitrogens with one attached hydrogen (secondary N) is 1. The van der Waals surface area contributed by atoms with E-state index in [1.165, 1.54) is 7.11 Å². The molecule has 1 amide bonds. The van der Waals surface area contributed by atoms with Crippen LogP contribution in [0.3, 0.4) is 0 Å². The van der Waals surface area contributed by atoms with E-state index in [9.17, 15) is 9.59 Å². The van der Waals surface area contributed by atoms with Gasteiger partial charge in [-0.25, -0.2) is 0 Å². The Labute approximate surface area is 116 Å². The first-order chi connectivity index (χ1) is 9.58. The van der Waals surface area contributed by atoms with Crippen molar-refractivity contribution in [1.82, 2.24) is 4.98 Å². The van der Waals surface area contributed by atoms with E-state index in [4.69, 9.17) is 4.74 Å². The van der Waals surface area contributed by atoms with Gasteiger partial charge in [-0.05, 0) is 31.2 Å². The number of nitrogens with zero attached hydrogens (tertiary/aromatic N) is 1. The molecule has 5 nitrogen and oxygen atoms in total. The van der Waals surface area contributed by atoms with Crippen molar-refractivity contribution < 1.29 is 14.3 Å². The van der Waals surface area contributed by atoms with Gasteiger partial charge in [0.25, 0.3) is 0 Å². The molecule has 1 atom stereocenters. The summed E-state index contributed by atoms with van der Waals surface area (Å²) in [5.41, 5.74) is 2.95. The van der Waals surface area contributed by atoms with E-state index >= 15 is 0 Å². The predicted molar refractivity (Wildman–Crippen MR) is 75.5 cm³/mol. The van der Waals surface area contributed by atoms with Crippen LogP contribution in [-0.4, -0.2) is 30.5 Å². The number of rotatable bonds is 2. The normalized spacial score (nSPS) is 18.8. The van der Waals surface area contributed by atoms with Gasteiger partial charge in [0.15, 0.2) is 0 Å². The topological polar surface area (TPSA) is 62.4 Å². The Bertz CT molecular complexity index is 689. The number of carbonyl (C=O) groups excluding carboxylic acids is 2. The number of aromatic amines is 1. The summed E-state index contributed by atoms with van der Waals surface area (Å²) in [6, 6.07) is 7.86. The maximum atomic E-state index is 12.1. The minimum atomic E-state index is -0.365. The minimum absolute atomic E-state index is 0.0352. The number of amides is 1. The molecule has 1 N–H and O–H groups in total. The number of aryl methyl sites for hydroxylation is 1. The number of aromatic nitrogens is 1. The fraction of sp³-hybridized carbons (Fsp3) is 0.333. The van der Waals surface area contributed by atoms with E-state index in [0.717, 1.165) is 22.3 Å². The third kappa shape index (κ3) is 2.05. The zero-order valence-corrected chi connectivity index (χ0v) is 11.5. The van der Waals surface area contributed by atoms with Crippen LogP contribution in [0, 0.1) is 12.8 Å². The van der Waals surface area contributed by atoms with Gasteiger partial charge in [-0.15, -0.1) is 0 Å². The fourth-order valence-electron chi connectivity index (χ4n) is 2.71. The van der Waals surface area contributed by atoms with Gasteiger partial charge in [0.05, 0.1) is 13.0 Å². The molecule has 3 rings (SSSR count). The van der Waals surface area contributed by atoms with E-state index in [1.54, 1.807) is 4.90 Å². The number of esters is 1. The van der Waals surface area contributed by atoms with Crippen LogP contribution < -0.4 is 4.90 Å². The summed E-state index contributed by atoms with van der Waals surface area (Å²) in [7, 11) is 1.35. The highest BCUT2D eigenvalue weighted by atomic mass is 16.5. The number of anilines is 1. The van der Waals surface area contributed by atoms with E-state index in [2.05, 4.69) is 4.98 Å². The first-order valence-electron chi connectivity index (χ1n) is 6.56. The molecule has 1 unspecified atom stereocenters. The van der Waals surface area contributed by atoms with Crippen molar-refractivity contribution in [3.8, 4) is 0 Å². The lowest BCUT2D eigenvalue weighted by Crippen LogP contribution is -2.26. The highest BCUT2D eigenvalue weighted by Gasteiger charge is 2.35. The van der Waals surface area contributed by atoms with Crippen molar-refractivity contribution in [2.45, 2.75) is 13.3 Å². The molecular formula is C15H16N2O3. The SMILES string of the molecule is COC(=O)C1CC(=O)N(c2ccc3[nH]c(C)cc3c2)C1. The van der Waals surface area contributed by atoms with Crippen molar-refractivity contribution >= 4 is 28.5 Å². The third-order valence-electron chi connectivity index (χ3n) is 3.71. The van der Waals surface area contributed by atoms with Crippen molar-refractivity contribution in [2.24, 2.45) is 5.92 Å². The van der Waals surface area contributed by atoms with Crippen LogP contribution >= 0.6 is 0 Å². The summed E-state index contributed by atoms with van der Waals surface area (Å²) >= 11 is 0. The monoisotopic (exact) mass is 272 g/mol. The van der Waals surface area contributed by atoms with Gasteiger partial charge in [0.2, 0.25) is 5.91 Å². The molecule has 20 heavy (non-hydrogen) atoms. The molecular weight excluding hydrogens is 256 g/mol. The molecule has 104 valence electrons. The molecule has 1 aliphatic rings. The molecule has 2 heterocycles. The summed E-state index contributed by atoms with van der Waals surface area (Å²) < 4.78 is 4.72. The van der Waals surface area contributed by atoms with Gasteiger partial charge in [-0.1, -0.05) is 0 Å². The lowest BCUT2D eigenvalue weighted by Gasteiger charge is -2.16. The Balaban J connectivity index is 1.90. The second kappa shape index (κ2) is 4.67. The zero-order valence-electron chi connectivity index (χ0n) is 11.5. The largest absolute Gasteiger partial charge is 0.469 e. The van der Waals surface area contributed by atoms with E-state index in [0.29, 0.717) is 6.54 Å². The quantitative estimate of drug-likeness (QED) is 0.850. The van der Waals surface area contributed by atoms with E-state index in [-0.39, 0.29) is 24.2 Å². The lowest BCUT2D eigenvalue weighted by molar-refractivity contribution is -0.145. The summed E-state index contributed by atoms with van der Waals surface area (Å²) in [5, 5.41) is 1.06. The van der Waals surface area contributed by atoms with Gasteiger partial charge >= 0.3 is 5.97 Å². The molecule has 0 saturated carbocycles. The first kappa shape index (κ1) is 12.7. The molecule has 2 aromatic rings. The van der Waals surface area contributed by atoms with Crippen LogP contribution in [0.4, 0.5) is 5.69 Å². The molecule has 0 radical (unpaired) electrons. The van der Waals surface area contributed by atoms with Crippen molar-refractivity contribution in [2.75, 3.05) is 18.6 Å². The second-order valence-corrected chi connectivity index (χ2v) is 5.15. The van der Waals surface area contributed by atoms with Crippen molar-refractivity contribution in [1.29, 1.82) is 0 Å². The molecule has 0 spiro atoms. The number of methoxy groups -OCH3 is 1. The second-order valence-electron chi connectivity index (χ2n) is 5.15. The summed E-state index contributed by atoms with van der Waals surface area (Å²) in [5.74, 6) is -0.720. The number of benzene rings is 1. The first-order valence-corrected chi connectivity index (χ1v) is 6.56. The average Bonchev–Trinajstić information content (AvgIpc) is 2.98. The standard InChI is InChI=1S/C15H16N2O3/c1-9-5-10-6-12(3-4-13(10)16-9)17-8-11(7-14(17)18)15(19)20-2/h3-6,11,16H,7-8H2,1-2H3. The zero-order chi connectivity index (χ0) is 14.3. The van der Waals surface area contributed by atoms with Crippen LogP contribution in [0.25, 0.3) is 10.9 Å². The van der Waals surface area contributed by atoms with E-state index in [1.807, 2.05) is 31.2 Å². The lowest BCUT2D eigenvalue weighted by atomic mass is 10.1. The smallest absolute Gasteiger partial charge is 0.311 e. The summed E-state index contributed by atoms with van der Waals surface area (Å²) in [6.07, 6.45) is 0.219. The van der Waals surface area contributed by atoms with Crippen molar-refractivity contribution in [3.05, 3.63) is 30.0 Å². The Kier molecular flexibility index (Phi) is 2.97. The number of ether oxygens (including phenoxy) is 1. The highest BCUT2D eigenvalue weighted by Crippen LogP contribution is 2.28. The molecule has 0 bridgehead atoms. The maximum Gasteiger partial charge on any atom is 0.311 e. The van der Waals surface area contributed by atoms with Gasteiger partial charge in [0.1, 0.15) is 0 Å². The molecule has 1 aliphatic heterocycles. The number of H-pyrrole nitrogens is 1. The maximum absolute atomic E-state index is 12.1. The molecule has 1 aromatic carbocycles. The molecule has 5 heteroatoms. The Morgan fingerprint density at radius 3 is 2.95 bits per heavy atom. The van der Waals surface area contributed by atoms with Gasteiger partial charge in [-0.3, -0.25) is 9.59 Å². The number of hydrogen-bond donors (Lipinski definition) is 1. The summed E-state index contributed by atoms with van der Waals surface area (Å²) in [6.45, 7) is 2.38. The van der Waals surface area contributed by atoms with Gasteiger partial charge in [-0.2, -0.15) is 0 Å². The third-order valence-corrected chi connectivity index (χ3v) is 3.71. The average molecular weight is 272 g/mol. The predicted octanol–water partition coefficient (Wildman–Crippen LogP) is 2.00. The van der Waals surface area contributed by atoms with Crippen LogP contribution in [-0.2, 0) is 14.3 Å². The Morgan fingerprint density at radius 2 is 2.20 bits per heavy atom. The van der Waals surface area contributed by atoms with Crippen LogP contribution in [0.15, 0.2) is 24.3 Å². The minimum Gasteiger partial charge on any atom is -0.469 e. The van der Waals surface area contributed by atoms with Crippen LogP contribution in [0.2, 0.25) is 0 Å². The molecule has 1 fully saturated rings. The molecule has 1 aromatic heterocycles. The Hall–Kier alpha value is -2.30. The molecule has 1 saturated heterocycles. The summed E-state index contributed by atoms with van der Waals surface area (Å²) in [4.78, 5) is 28.5. The number of carbonyl (C=O) groups is 2. The Morgan fingerprint density at radius 1 is 1.40 bits per heavy atom. The molecule has 0 aliphatic carbocycles. The fourth-order valence-corrected chi connectivity index (χ4v) is 2.71. The number of fused-ring (bicyclic) bond motifs is 1. The van der Waals surface area contributed by atoms with Crippen LogP contribution in [0.1, 0.15) is 12.1 Å².